The van der Waals surface area contributed by atoms with Crippen LogP contribution in [0.2, 0.25) is 0 Å². The van der Waals surface area contributed by atoms with Gasteiger partial charge in [0.1, 0.15) is 12.2 Å². The lowest BCUT2D eigenvalue weighted by molar-refractivity contribution is 0.335. The van der Waals surface area contributed by atoms with Crippen LogP contribution in [-0.4, -0.2) is 34.0 Å². The largest absolute Gasteiger partial charge is 0.398 e. The van der Waals surface area contributed by atoms with Gasteiger partial charge in [-0.15, -0.1) is 10.2 Å². The SMILES string of the molecule is Cc1cc(N)c(C)c(S(=O)(=O)N2CCn3cnnc3C2)c1. The molecule has 1 aliphatic rings. The zero-order valence-electron chi connectivity index (χ0n) is 11.9. The lowest BCUT2D eigenvalue weighted by atomic mass is 10.1. The van der Waals surface area contributed by atoms with Gasteiger partial charge in [0, 0.05) is 18.8 Å². The van der Waals surface area contributed by atoms with Crippen LogP contribution in [0.3, 0.4) is 0 Å². The molecule has 1 aliphatic heterocycles. The Kier molecular flexibility index (Phi) is 3.22. The van der Waals surface area contributed by atoms with E-state index >= 15 is 0 Å². The van der Waals surface area contributed by atoms with Gasteiger partial charge < -0.3 is 10.3 Å². The first kappa shape index (κ1) is 14.0. The number of nitrogens with two attached hydrogens (primary N) is 1. The molecule has 1 aromatic carbocycles. The van der Waals surface area contributed by atoms with Crippen LogP contribution < -0.4 is 5.73 Å². The van der Waals surface area contributed by atoms with E-state index in [4.69, 9.17) is 5.73 Å². The Balaban J connectivity index is 2.03. The number of rotatable bonds is 2. The Bertz CT molecular complexity index is 797. The summed E-state index contributed by atoms with van der Waals surface area (Å²) in [6, 6.07) is 3.45. The number of hydrogen-bond acceptors (Lipinski definition) is 5. The van der Waals surface area contributed by atoms with Gasteiger partial charge in [0.2, 0.25) is 10.0 Å². The lowest BCUT2D eigenvalue weighted by Crippen LogP contribution is -2.38. The van der Waals surface area contributed by atoms with Crippen LogP contribution in [0, 0.1) is 13.8 Å². The van der Waals surface area contributed by atoms with Gasteiger partial charge in [-0.2, -0.15) is 4.31 Å². The maximum absolute atomic E-state index is 12.9. The molecular formula is C13H17N5O2S. The molecular weight excluding hydrogens is 290 g/mol. The van der Waals surface area contributed by atoms with Gasteiger partial charge in [-0.1, -0.05) is 0 Å². The van der Waals surface area contributed by atoms with Crippen LogP contribution >= 0.6 is 0 Å². The minimum atomic E-state index is -3.59. The van der Waals surface area contributed by atoms with Crippen LogP contribution in [0.15, 0.2) is 23.4 Å². The molecule has 0 aliphatic carbocycles. The van der Waals surface area contributed by atoms with Crippen LogP contribution in [0.1, 0.15) is 17.0 Å². The van der Waals surface area contributed by atoms with Crippen molar-refractivity contribution in [3.05, 3.63) is 35.4 Å². The first-order valence-corrected chi connectivity index (χ1v) is 8.07. The van der Waals surface area contributed by atoms with E-state index in [-0.39, 0.29) is 11.4 Å². The number of benzene rings is 1. The minimum absolute atomic E-state index is 0.232. The number of nitrogen functional groups attached to an aromatic ring is 1. The van der Waals surface area contributed by atoms with Crippen molar-refractivity contribution in [2.24, 2.45) is 0 Å². The van der Waals surface area contributed by atoms with Gasteiger partial charge in [0.15, 0.2) is 0 Å². The highest BCUT2D eigenvalue weighted by Crippen LogP contribution is 2.27. The van der Waals surface area contributed by atoms with Gasteiger partial charge >= 0.3 is 0 Å². The summed E-state index contributed by atoms with van der Waals surface area (Å²) in [5.41, 5.74) is 7.81. The van der Waals surface area contributed by atoms with Crippen LogP contribution in [0.25, 0.3) is 0 Å². The second-order valence-electron chi connectivity index (χ2n) is 5.26. The monoisotopic (exact) mass is 307 g/mol. The van der Waals surface area contributed by atoms with Crippen LogP contribution in [-0.2, 0) is 23.1 Å². The molecule has 0 spiro atoms. The second-order valence-corrected chi connectivity index (χ2v) is 7.16. The van der Waals surface area contributed by atoms with Crippen molar-refractivity contribution in [1.29, 1.82) is 0 Å². The van der Waals surface area contributed by atoms with E-state index in [1.54, 1.807) is 25.4 Å². The number of aromatic nitrogens is 3. The van der Waals surface area contributed by atoms with E-state index in [2.05, 4.69) is 10.2 Å². The molecule has 3 rings (SSSR count). The highest BCUT2D eigenvalue weighted by atomic mass is 32.2. The number of hydrogen-bond donors (Lipinski definition) is 1. The highest BCUT2D eigenvalue weighted by Gasteiger charge is 2.30. The summed E-state index contributed by atoms with van der Waals surface area (Å²) in [6.45, 7) is 4.76. The average molecular weight is 307 g/mol. The number of anilines is 1. The van der Waals surface area contributed by atoms with Gasteiger partial charge in [0.05, 0.1) is 11.4 Å². The predicted octanol–water partition coefficient (Wildman–Crippen LogP) is 0.682. The molecule has 2 heterocycles. The van der Waals surface area contributed by atoms with Crippen molar-refractivity contribution in [1.82, 2.24) is 19.1 Å². The van der Waals surface area contributed by atoms with Gasteiger partial charge in [-0.05, 0) is 37.1 Å². The first-order valence-electron chi connectivity index (χ1n) is 6.63. The maximum Gasteiger partial charge on any atom is 0.243 e. The summed E-state index contributed by atoms with van der Waals surface area (Å²) in [5.74, 6) is 0.656. The Morgan fingerprint density at radius 2 is 2.00 bits per heavy atom. The second kappa shape index (κ2) is 4.81. The van der Waals surface area contributed by atoms with Crippen molar-refractivity contribution < 1.29 is 8.42 Å². The van der Waals surface area contributed by atoms with E-state index in [9.17, 15) is 8.42 Å². The Labute approximate surface area is 123 Å². The lowest BCUT2D eigenvalue weighted by Gasteiger charge is -2.27. The number of aryl methyl sites for hydroxylation is 1. The normalized spacial score (nSPS) is 15.9. The topological polar surface area (TPSA) is 94.1 Å². The molecule has 7 nitrogen and oxygen atoms in total. The van der Waals surface area contributed by atoms with Gasteiger partial charge in [-0.25, -0.2) is 8.42 Å². The van der Waals surface area contributed by atoms with Gasteiger partial charge in [-0.3, -0.25) is 0 Å². The molecule has 0 saturated heterocycles. The van der Waals surface area contributed by atoms with Crippen molar-refractivity contribution >= 4 is 15.7 Å². The number of fused-ring (bicyclic) bond motifs is 1. The van der Waals surface area contributed by atoms with E-state index in [0.717, 1.165) is 5.56 Å². The molecule has 0 unspecified atom stereocenters. The fraction of sp³-hybridized carbons (Fsp3) is 0.385. The minimum Gasteiger partial charge on any atom is -0.398 e. The summed E-state index contributed by atoms with van der Waals surface area (Å²) < 4.78 is 29.0. The molecule has 112 valence electrons. The summed E-state index contributed by atoms with van der Waals surface area (Å²) in [5, 5.41) is 7.76. The van der Waals surface area contributed by atoms with Crippen molar-refractivity contribution in [3.63, 3.8) is 0 Å². The van der Waals surface area contributed by atoms with E-state index in [1.165, 1.54) is 4.31 Å². The van der Waals surface area contributed by atoms with E-state index in [1.807, 2.05) is 11.5 Å². The fourth-order valence-electron chi connectivity index (χ4n) is 2.51. The summed E-state index contributed by atoms with van der Waals surface area (Å²) in [4.78, 5) is 0.271. The summed E-state index contributed by atoms with van der Waals surface area (Å²) in [7, 11) is -3.59. The third kappa shape index (κ3) is 2.30. The highest BCUT2D eigenvalue weighted by molar-refractivity contribution is 7.89. The molecule has 0 atom stereocenters. The molecule has 0 amide bonds. The van der Waals surface area contributed by atoms with Crippen molar-refractivity contribution in [2.45, 2.75) is 31.8 Å². The molecule has 0 bridgehead atoms. The van der Waals surface area contributed by atoms with Crippen molar-refractivity contribution in [3.8, 4) is 0 Å². The fourth-order valence-corrected chi connectivity index (χ4v) is 4.23. The molecule has 0 fully saturated rings. The van der Waals surface area contributed by atoms with Crippen LogP contribution in [0.5, 0.6) is 0 Å². The Hall–Kier alpha value is -1.93. The third-order valence-electron chi connectivity index (χ3n) is 3.77. The Morgan fingerprint density at radius 3 is 2.76 bits per heavy atom. The average Bonchev–Trinajstić information content (AvgIpc) is 2.89. The molecule has 0 radical (unpaired) electrons. The Morgan fingerprint density at radius 1 is 1.24 bits per heavy atom. The maximum atomic E-state index is 12.9. The number of sulfonamides is 1. The molecule has 21 heavy (non-hydrogen) atoms. The zero-order chi connectivity index (χ0) is 15.2. The zero-order valence-corrected chi connectivity index (χ0v) is 12.8. The predicted molar refractivity (Wildman–Crippen MR) is 77.9 cm³/mol. The number of nitrogens with zero attached hydrogens (tertiary/aromatic N) is 4. The standard InChI is InChI=1S/C13H17N5O2S/c1-9-5-11(14)10(2)12(6-9)21(19,20)18-4-3-17-8-15-16-13(17)7-18/h5-6,8H,3-4,7,14H2,1-2H3. The molecule has 1 aromatic heterocycles. The molecule has 2 aromatic rings. The van der Waals surface area contributed by atoms with Gasteiger partial charge in [0.25, 0.3) is 0 Å². The van der Waals surface area contributed by atoms with Crippen molar-refractivity contribution in [2.75, 3.05) is 12.3 Å². The quantitative estimate of drug-likeness (QED) is 0.823. The van der Waals surface area contributed by atoms with Crippen LogP contribution in [0.4, 0.5) is 5.69 Å². The smallest absolute Gasteiger partial charge is 0.243 e. The molecule has 0 saturated carbocycles. The first-order chi connectivity index (χ1) is 9.89. The summed E-state index contributed by atoms with van der Waals surface area (Å²) in [6.07, 6.45) is 1.62. The third-order valence-corrected chi connectivity index (χ3v) is 5.74. The van der Waals surface area contributed by atoms with E-state index in [0.29, 0.717) is 30.2 Å². The summed E-state index contributed by atoms with van der Waals surface area (Å²) >= 11 is 0. The van der Waals surface area contributed by atoms with E-state index < -0.39 is 10.0 Å². The molecule has 8 heteroatoms. The molecule has 2 N–H and O–H groups in total.